The highest BCUT2D eigenvalue weighted by Gasteiger charge is 2.16. The summed E-state index contributed by atoms with van der Waals surface area (Å²) in [5, 5.41) is 5.05. The van der Waals surface area contributed by atoms with E-state index in [9.17, 15) is 17.6 Å². The minimum atomic E-state index is -3.32. The molecule has 0 spiro atoms. The SMILES string of the molecule is Cc1cc(-c2csc(NC(=O)c3ccc(S(C)(=O)=O)cc3)n2)c(C)n1-c1ccc(F)cc1. The number of thiazole rings is 1. The summed E-state index contributed by atoms with van der Waals surface area (Å²) < 4.78 is 38.5. The Morgan fingerprint density at radius 3 is 2.34 bits per heavy atom. The van der Waals surface area contributed by atoms with Gasteiger partial charge in [-0.15, -0.1) is 11.3 Å². The predicted molar refractivity (Wildman–Crippen MR) is 124 cm³/mol. The molecule has 0 aliphatic rings. The van der Waals surface area contributed by atoms with E-state index in [-0.39, 0.29) is 16.6 Å². The molecular formula is C23H20FN3O3S2. The molecule has 4 aromatic rings. The molecule has 0 saturated carbocycles. The lowest BCUT2D eigenvalue weighted by Crippen LogP contribution is -2.12. The first-order valence-corrected chi connectivity index (χ1v) is 12.4. The molecule has 2 aromatic heterocycles. The molecule has 0 bridgehead atoms. The molecule has 0 aliphatic carbocycles. The Kier molecular flexibility index (Phi) is 5.70. The predicted octanol–water partition coefficient (Wildman–Crippen LogP) is 5.01. The van der Waals surface area contributed by atoms with E-state index in [1.54, 1.807) is 12.1 Å². The van der Waals surface area contributed by atoms with Crippen molar-refractivity contribution in [3.05, 3.63) is 82.7 Å². The normalized spacial score (nSPS) is 11.5. The molecule has 2 heterocycles. The van der Waals surface area contributed by atoms with Crippen LogP contribution in [-0.2, 0) is 9.84 Å². The fourth-order valence-electron chi connectivity index (χ4n) is 3.49. The maximum atomic E-state index is 13.3. The number of amides is 1. The van der Waals surface area contributed by atoms with E-state index < -0.39 is 9.84 Å². The van der Waals surface area contributed by atoms with Gasteiger partial charge in [-0.05, 0) is 68.4 Å². The van der Waals surface area contributed by atoms with Gasteiger partial charge in [0.1, 0.15) is 5.82 Å². The fourth-order valence-corrected chi connectivity index (χ4v) is 4.82. The fraction of sp³-hybridized carbons (Fsp3) is 0.130. The van der Waals surface area contributed by atoms with Crippen LogP contribution in [0.2, 0.25) is 0 Å². The summed E-state index contributed by atoms with van der Waals surface area (Å²) in [6.45, 7) is 3.93. The number of rotatable bonds is 5. The average Bonchev–Trinajstić information content (AvgIpc) is 3.32. The number of anilines is 1. The third kappa shape index (κ3) is 4.35. The number of carbonyl (C=O) groups excluding carboxylic acids is 1. The van der Waals surface area contributed by atoms with E-state index >= 15 is 0 Å². The van der Waals surface area contributed by atoms with E-state index in [1.807, 2.05) is 29.9 Å². The topological polar surface area (TPSA) is 81.1 Å². The van der Waals surface area contributed by atoms with Crippen LogP contribution in [0.3, 0.4) is 0 Å². The zero-order valence-corrected chi connectivity index (χ0v) is 19.2. The second-order valence-electron chi connectivity index (χ2n) is 7.39. The average molecular weight is 470 g/mol. The van der Waals surface area contributed by atoms with Gasteiger partial charge in [0.25, 0.3) is 5.91 Å². The van der Waals surface area contributed by atoms with Crippen molar-refractivity contribution in [2.75, 3.05) is 11.6 Å². The van der Waals surface area contributed by atoms with Gasteiger partial charge in [-0.25, -0.2) is 17.8 Å². The number of aromatic nitrogens is 2. The van der Waals surface area contributed by atoms with Gasteiger partial charge in [0, 0.05) is 39.8 Å². The van der Waals surface area contributed by atoms with Gasteiger partial charge in [-0.2, -0.15) is 0 Å². The first kappa shape index (κ1) is 21.9. The lowest BCUT2D eigenvalue weighted by atomic mass is 10.2. The van der Waals surface area contributed by atoms with Crippen molar-refractivity contribution in [2.24, 2.45) is 0 Å². The summed E-state index contributed by atoms with van der Waals surface area (Å²) in [4.78, 5) is 17.2. The zero-order valence-electron chi connectivity index (χ0n) is 17.6. The second kappa shape index (κ2) is 8.33. The summed E-state index contributed by atoms with van der Waals surface area (Å²) in [7, 11) is -3.32. The maximum Gasteiger partial charge on any atom is 0.257 e. The Balaban J connectivity index is 1.56. The minimum absolute atomic E-state index is 0.155. The third-order valence-electron chi connectivity index (χ3n) is 5.06. The third-order valence-corrected chi connectivity index (χ3v) is 6.95. The molecule has 0 aliphatic heterocycles. The highest BCUT2D eigenvalue weighted by molar-refractivity contribution is 7.90. The molecule has 6 nitrogen and oxygen atoms in total. The van der Waals surface area contributed by atoms with Gasteiger partial charge in [0.2, 0.25) is 0 Å². The number of nitrogens with one attached hydrogen (secondary N) is 1. The van der Waals surface area contributed by atoms with Crippen LogP contribution in [0.4, 0.5) is 9.52 Å². The van der Waals surface area contributed by atoms with E-state index in [0.717, 1.165) is 34.6 Å². The molecule has 0 unspecified atom stereocenters. The van der Waals surface area contributed by atoms with Crippen LogP contribution in [0.25, 0.3) is 16.9 Å². The molecule has 1 amide bonds. The molecular weight excluding hydrogens is 449 g/mol. The van der Waals surface area contributed by atoms with Gasteiger partial charge in [-0.3, -0.25) is 10.1 Å². The number of hydrogen-bond acceptors (Lipinski definition) is 5. The van der Waals surface area contributed by atoms with E-state index in [1.165, 1.54) is 47.7 Å². The van der Waals surface area contributed by atoms with Gasteiger partial charge < -0.3 is 4.57 Å². The van der Waals surface area contributed by atoms with Crippen molar-refractivity contribution in [1.29, 1.82) is 0 Å². The summed E-state index contributed by atoms with van der Waals surface area (Å²) in [5.41, 5.74) is 4.76. The van der Waals surface area contributed by atoms with Crippen molar-refractivity contribution in [1.82, 2.24) is 9.55 Å². The Hall–Kier alpha value is -3.30. The molecule has 0 atom stereocenters. The number of hydrogen-bond donors (Lipinski definition) is 1. The summed E-state index contributed by atoms with van der Waals surface area (Å²) >= 11 is 1.30. The molecule has 9 heteroatoms. The second-order valence-corrected chi connectivity index (χ2v) is 10.3. The summed E-state index contributed by atoms with van der Waals surface area (Å²) in [5.74, 6) is -0.662. The molecule has 2 aromatic carbocycles. The van der Waals surface area contributed by atoms with Crippen LogP contribution in [0.15, 0.2) is 64.9 Å². The Labute approximate surface area is 189 Å². The number of sulfone groups is 1. The first-order chi connectivity index (χ1) is 15.1. The minimum Gasteiger partial charge on any atom is -0.318 e. The Morgan fingerprint density at radius 1 is 1.06 bits per heavy atom. The summed E-state index contributed by atoms with van der Waals surface area (Å²) in [6, 6.07) is 14.0. The standard InChI is InChI=1S/C23H20FN3O3S2/c1-14-12-20(15(2)27(14)18-8-6-17(24)7-9-18)21-13-31-23(25-21)26-22(28)16-4-10-19(11-5-16)32(3,29)30/h4-13H,1-3H3,(H,25,26,28). The summed E-state index contributed by atoms with van der Waals surface area (Å²) in [6.07, 6.45) is 1.12. The van der Waals surface area contributed by atoms with Crippen LogP contribution in [-0.4, -0.2) is 30.1 Å². The molecule has 0 saturated heterocycles. The lowest BCUT2D eigenvalue weighted by molar-refractivity contribution is 0.102. The number of halogens is 1. The number of aryl methyl sites for hydroxylation is 1. The van der Waals surface area contributed by atoms with Crippen LogP contribution >= 0.6 is 11.3 Å². The first-order valence-electron chi connectivity index (χ1n) is 9.66. The van der Waals surface area contributed by atoms with Gasteiger partial charge >= 0.3 is 0 Å². The van der Waals surface area contributed by atoms with Crippen molar-refractivity contribution < 1.29 is 17.6 Å². The number of carbonyl (C=O) groups is 1. The van der Waals surface area contributed by atoms with Crippen molar-refractivity contribution in [3.8, 4) is 16.9 Å². The quantitative estimate of drug-likeness (QED) is 0.445. The molecule has 4 rings (SSSR count). The largest absolute Gasteiger partial charge is 0.318 e. The van der Waals surface area contributed by atoms with E-state index in [0.29, 0.717) is 10.7 Å². The zero-order chi connectivity index (χ0) is 23.0. The van der Waals surface area contributed by atoms with Gasteiger partial charge in [0.15, 0.2) is 15.0 Å². The molecule has 1 N–H and O–H groups in total. The molecule has 32 heavy (non-hydrogen) atoms. The van der Waals surface area contributed by atoms with Gasteiger partial charge in [0.05, 0.1) is 10.6 Å². The van der Waals surface area contributed by atoms with E-state index in [4.69, 9.17) is 0 Å². The van der Waals surface area contributed by atoms with Crippen LogP contribution < -0.4 is 5.32 Å². The van der Waals surface area contributed by atoms with Gasteiger partial charge in [-0.1, -0.05) is 0 Å². The molecule has 0 radical (unpaired) electrons. The molecule has 164 valence electrons. The van der Waals surface area contributed by atoms with Crippen LogP contribution in [0.5, 0.6) is 0 Å². The monoisotopic (exact) mass is 469 g/mol. The smallest absolute Gasteiger partial charge is 0.257 e. The van der Waals surface area contributed by atoms with Crippen molar-refractivity contribution in [2.45, 2.75) is 18.7 Å². The van der Waals surface area contributed by atoms with Crippen LogP contribution in [0.1, 0.15) is 21.7 Å². The highest BCUT2D eigenvalue weighted by atomic mass is 32.2. The highest BCUT2D eigenvalue weighted by Crippen LogP contribution is 2.32. The molecule has 0 fully saturated rings. The Bertz CT molecular complexity index is 1400. The van der Waals surface area contributed by atoms with Crippen LogP contribution in [0, 0.1) is 19.7 Å². The number of nitrogens with zero attached hydrogens (tertiary/aromatic N) is 2. The van der Waals surface area contributed by atoms with Crippen molar-refractivity contribution in [3.63, 3.8) is 0 Å². The lowest BCUT2D eigenvalue weighted by Gasteiger charge is -2.09. The van der Waals surface area contributed by atoms with Crippen molar-refractivity contribution >= 4 is 32.2 Å². The number of benzene rings is 2. The van der Waals surface area contributed by atoms with E-state index in [2.05, 4.69) is 10.3 Å². The maximum absolute atomic E-state index is 13.3. The Morgan fingerprint density at radius 2 is 1.72 bits per heavy atom.